The van der Waals surface area contributed by atoms with Crippen molar-refractivity contribution in [2.75, 3.05) is 26.1 Å². The molecule has 12 heteroatoms. The third-order valence-corrected chi connectivity index (χ3v) is 9.81. The standard InChI is InChI=1S/C36H39ClN4O6S/c1-25(2)47-18-17-40-24-29-19-30(38-35(42)20-28-7-5-6-8-33(28)37)21-34(36(29)39-40)48(43,44)41(22-26-9-13-31(45-3)14-10-26)23-27-11-15-32(46-4)16-12-27/h5-16,19,21,24-25H,17-18,20,22-23H2,1-4H3,(H,38,42). The van der Waals surface area contributed by atoms with Crippen molar-refractivity contribution in [1.82, 2.24) is 14.1 Å². The van der Waals surface area contributed by atoms with Gasteiger partial charge in [0.1, 0.15) is 21.9 Å². The highest BCUT2D eigenvalue weighted by molar-refractivity contribution is 7.89. The molecule has 252 valence electrons. The first kappa shape index (κ1) is 34.9. The number of benzene rings is 4. The minimum Gasteiger partial charge on any atom is -0.497 e. The van der Waals surface area contributed by atoms with Gasteiger partial charge >= 0.3 is 0 Å². The Balaban J connectivity index is 1.56. The number of fused-ring (bicyclic) bond motifs is 1. The van der Waals surface area contributed by atoms with Crippen LogP contribution in [0.15, 0.2) is 96.0 Å². The summed E-state index contributed by atoms with van der Waals surface area (Å²) in [5.74, 6) is 0.992. The van der Waals surface area contributed by atoms with Crippen molar-refractivity contribution >= 4 is 44.1 Å². The van der Waals surface area contributed by atoms with E-state index in [2.05, 4.69) is 10.4 Å². The molecule has 0 saturated heterocycles. The van der Waals surface area contributed by atoms with Gasteiger partial charge in [0.15, 0.2) is 0 Å². The topological polar surface area (TPSA) is 112 Å². The first-order valence-electron chi connectivity index (χ1n) is 15.5. The van der Waals surface area contributed by atoms with Gasteiger partial charge in [0.2, 0.25) is 15.9 Å². The molecule has 0 bridgehead atoms. The zero-order valence-corrected chi connectivity index (χ0v) is 28.9. The second kappa shape index (κ2) is 15.7. The predicted octanol–water partition coefficient (Wildman–Crippen LogP) is 6.70. The molecule has 1 amide bonds. The number of aromatic nitrogens is 2. The fourth-order valence-corrected chi connectivity index (χ4v) is 6.97. The predicted molar refractivity (Wildman–Crippen MR) is 187 cm³/mol. The summed E-state index contributed by atoms with van der Waals surface area (Å²) in [6, 6.07) is 24.8. The first-order chi connectivity index (χ1) is 23.0. The number of sulfonamides is 1. The van der Waals surface area contributed by atoms with Crippen molar-refractivity contribution in [3.63, 3.8) is 0 Å². The van der Waals surface area contributed by atoms with E-state index < -0.39 is 10.0 Å². The lowest BCUT2D eigenvalue weighted by molar-refractivity contribution is -0.115. The lowest BCUT2D eigenvalue weighted by Gasteiger charge is -2.23. The van der Waals surface area contributed by atoms with E-state index in [1.54, 1.807) is 73.6 Å². The van der Waals surface area contributed by atoms with Crippen molar-refractivity contribution in [2.45, 2.75) is 50.9 Å². The van der Waals surface area contributed by atoms with E-state index in [0.717, 1.165) is 11.1 Å². The molecule has 0 aliphatic heterocycles. The van der Waals surface area contributed by atoms with Crippen LogP contribution in [-0.4, -0.2) is 55.3 Å². The molecule has 5 aromatic rings. The maximum Gasteiger partial charge on any atom is 0.246 e. The summed E-state index contributed by atoms with van der Waals surface area (Å²) in [5.41, 5.74) is 2.81. The molecular weight excluding hydrogens is 652 g/mol. The van der Waals surface area contributed by atoms with Crippen molar-refractivity contribution < 1.29 is 27.4 Å². The number of hydrogen-bond donors (Lipinski definition) is 1. The van der Waals surface area contributed by atoms with Crippen LogP contribution in [0, 0.1) is 0 Å². The smallest absolute Gasteiger partial charge is 0.246 e. The quantitative estimate of drug-likeness (QED) is 0.130. The Morgan fingerprint density at radius 3 is 2.08 bits per heavy atom. The zero-order valence-electron chi connectivity index (χ0n) is 27.4. The fourth-order valence-electron chi connectivity index (χ4n) is 5.17. The summed E-state index contributed by atoms with van der Waals surface area (Å²) in [5, 5.41) is 8.60. The van der Waals surface area contributed by atoms with E-state index in [0.29, 0.717) is 46.3 Å². The summed E-state index contributed by atoms with van der Waals surface area (Å²) in [7, 11) is -1.05. The largest absolute Gasteiger partial charge is 0.497 e. The molecule has 48 heavy (non-hydrogen) atoms. The normalized spacial score (nSPS) is 11.7. The molecule has 0 spiro atoms. The number of rotatable bonds is 15. The highest BCUT2D eigenvalue weighted by Crippen LogP contribution is 2.31. The Morgan fingerprint density at radius 1 is 0.917 bits per heavy atom. The van der Waals surface area contributed by atoms with Crippen LogP contribution in [0.2, 0.25) is 5.02 Å². The number of halogens is 1. The van der Waals surface area contributed by atoms with Gasteiger partial charge in [0, 0.05) is 35.4 Å². The van der Waals surface area contributed by atoms with Gasteiger partial charge < -0.3 is 19.5 Å². The second-order valence-corrected chi connectivity index (χ2v) is 13.8. The molecule has 1 N–H and O–H groups in total. The average molecular weight is 691 g/mol. The van der Waals surface area contributed by atoms with Gasteiger partial charge in [-0.05, 0) is 73.0 Å². The highest BCUT2D eigenvalue weighted by atomic mass is 35.5. The maximum atomic E-state index is 14.8. The Labute approximate surface area is 286 Å². The molecule has 0 radical (unpaired) electrons. The molecule has 1 heterocycles. The van der Waals surface area contributed by atoms with Gasteiger partial charge in [-0.2, -0.15) is 9.40 Å². The molecule has 0 saturated carbocycles. The van der Waals surface area contributed by atoms with Crippen LogP contribution >= 0.6 is 11.6 Å². The van der Waals surface area contributed by atoms with Crippen molar-refractivity contribution in [3.8, 4) is 11.5 Å². The number of ether oxygens (including phenoxy) is 3. The summed E-state index contributed by atoms with van der Waals surface area (Å²) in [4.78, 5) is 13.1. The maximum absolute atomic E-state index is 14.8. The SMILES string of the molecule is COc1ccc(CN(Cc2ccc(OC)cc2)S(=O)(=O)c2cc(NC(=O)Cc3ccccc3Cl)cc3cn(CCOC(C)C)nc23)cc1. The molecular formula is C36H39ClN4O6S. The number of methoxy groups -OCH3 is 2. The molecule has 0 aliphatic carbocycles. The summed E-state index contributed by atoms with van der Waals surface area (Å²) in [6.45, 7) is 4.86. The van der Waals surface area contributed by atoms with Gasteiger partial charge in [-0.3, -0.25) is 9.48 Å². The van der Waals surface area contributed by atoms with Crippen molar-refractivity contribution in [2.24, 2.45) is 0 Å². The number of carbonyl (C=O) groups is 1. The van der Waals surface area contributed by atoms with Crippen molar-refractivity contribution in [1.29, 1.82) is 0 Å². The van der Waals surface area contributed by atoms with Gasteiger partial charge in [-0.1, -0.05) is 54.1 Å². The van der Waals surface area contributed by atoms with E-state index >= 15 is 0 Å². The van der Waals surface area contributed by atoms with E-state index in [9.17, 15) is 13.2 Å². The number of hydrogen-bond acceptors (Lipinski definition) is 7. The van der Waals surface area contributed by atoms with E-state index in [-0.39, 0.29) is 41.9 Å². The first-order valence-corrected chi connectivity index (χ1v) is 17.3. The molecule has 0 fully saturated rings. The van der Waals surface area contributed by atoms with Crippen LogP contribution in [-0.2, 0) is 45.6 Å². The van der Waals surface area contributed by atoms with Crippen molar-refractivity contribution in [3.05, 3.63) is 113 Å². The fraction of sp³-hybridized carbons (Fsp3) is 0.278. The molecule has 4 aromatic carbocycles. The van der Waals surface area contributed by atoms with E-state index in [4.69, 9.17) is 25.8 Å². The summed E-state index contributed by atoms with van der Waals surface area (Å²) in [6.07, 6.45) is 1.82. The molecule has 0 atom stereocenters. The number of nitrogens with one attached hydrogen (secondary N) is 1. The van der Waals surface area contributed by atoms with Gasteiger partial charge in [-0.25, -0.2) is 8.42 Å². The van der Waals surface area contributed by atoms with Crippen LogP contribution in [0.5, 0.6) is 11.5 Å². The number of nitrogens with zero attached hydrogens (tertiary/aromatic N) is 3. The van der Waals surface area contributed by atoms with Crippen LogP contribution in [0.25, 0.3) is 10.9 Å². The lowest BCUT2D eigenvalue weighted by Crippen LogP contribution is -2.30. The van der Waals surface area contributed by atoms with Gasteiger partial charge in [-0.15, -0.1) is 0 Å². The van der Waals surface area contributed by atoms with Crippen LogP contribution in [0.3, 0.4) is 0 Å². The Kier molecular flexibility index (Phi) is 11.4. The Bertz CT molecular complexity index is 1910. The van der Waals surface area contributed by atoms with Gasteiger partial charge in [0.25, 0.3) is 0 Å². The van der Waals surface area contributed by atoms with Crippen LogP contribution in [0.1, 0.15) is 30.5 Å². The van der Waals surface area contributed by atoms with E-state index in [1.165, 1.54) is 10.4 Å². The number of carbonyl (C=O) groups excluding carboxylic acids is 1. The highest BCUT2D eigenvalue weighted by Gasteiger charge is 2.29. The summed E-state index contributed by atoms with van der Waals surface area (Å²) < 4.78 is 48.9. The Morgan fingerprint density at radius 2 is 1.52 bits per heavy atom. The molecule has 10 nitrogen and oxygen atoms in total. The molecule has 5 rings (SSSR count). The number of anilines is 1. The third kappa shape index (κ3) is 8.73. The molecule has 1 aromatic heterocycles. The van der Waals surface area contributed by atoms with Gasteiger partial charge in [0.05, 0.1) is 39.9 Å². The lowest BCUT2D eigenvalue weighted by atomic mass is 10.1. The minimum atomic E-state index is -4.21. The second-order valence-electron chi connectivity index (χ2n) is 11.5. The zero-order chi connectivity index (χ0) is 34.3. The average Bonchev–Trinajstić information content (AvgIpc) is 3.48. The monoisotopic (exact) mass is 690 g/mol. The third-order valence-electron chi connectivity index (χ3n) is 7.64. The molecule has 0 aliphatic rings. The van der Waals surface area contributed by atoms with Crippen LogP contribution < -0.4 is 14.8 Å². The summed E-state index contributed by atoms with van der Waals surface area (Å²) >= 11 is 6.30. The van der Waals surface area contributed by atoms with Crippen LogP contribution in [0.4, 0.5) is 5.69 Å². The number of amides is 1. The Hall–Kier alpha value is -4.42. The van der Waals surface area contributed by atoms with E-state index in [1.807, 2.05) is 44.2 Å². The minimum absolute atomic E-state index is 0.0205. The molecule has 0 unspecified atom stereocenters.